The van der Waals surface area contributed by atoms with Crippen molar-refractivity contribution in [3.63, 3.8) is 0 Å². The van der Waals surface area contributed by atoms with Crippen LogP contribution in [0.25, 0.3) is 0 Å². The first kappa shape index (κ1) is 10.9. The van der Waals surface area contributed by atoms with Crippen LogP contribution >= 0.6 is 0 Å². The standard InChI is InChI=1S/C11H19NO3/c1-7(15-2)11(14)12-8-3-4-9(12)6-10(13)5-8/h7-10,13H,3-6H2,1-2H3. The Morgan fingerprint density at radius 2 is 1.93 bits per heavy atom. The van der Waals surface area contributed by atoms with Crippen LogP contribution in [-0.4, -0.2) is 47.3 Å². The molecular weight excluding hydrogens is 194 g/mol. The predicted molar refractivity (Wildman–Crippen MR) is 55.4 cm³/mol. The Hall–Kier alpha value is -0.610. The van der Waals surface area contributed by atoms with Crippen LogP contribution < -0.4 is 0 Å². The van der Waals surface area contributed by atoms with Crippen LogP contribution in [0.4, 0.5) is 0 Å². The van der Waals surface area contributed by atoms with Gasteiger partial charge in [-0.1, -0.05) is 0 Å². The van der Waals surface area contributed by atoms with Gasteiger partial charge in [-0.3, -0.25) is 4.79 Å². The molecule has 0 aromatic heterocycles. The van der Waals surface area contributed by atoms with E-state index in [0.29, 0.717) is 0 Å². The van der Waals surface area contributed by atoms with E-state index in [1.54, 1.807) is 14.0 Å². The number of carbonyl (C=O) groups is 1. The first-order valence-corrected chi connectivity index (χ1v) is 5.66. The number of methoxy groups -OCH3 is 1. The summed E-state index contributed by atoms with van der Waals surface area (Å²) in [5.74, 6) is 0.0805. The van der Waals surface area contributed by atoms with Gasteiger partial charge in [-0.05, 0) is 32.6 Å². The first-order valence-electron chi connectivity index (χ1n) is 5.66. The quantitative estimate of drug-likeness (QED) is 0.728. The van der Waals surface area contributed by atoms with Crippen molar-refractivity contribution < 1.29 is 14.6 Å². The Kier molecular flexibility index (Phi) is 2.98. The summed E-state index contributed by atoms with van der Waals surface area (Å²) in [5.41, 5.74) is 0. The number of piperidine rings is 1. The van der Waals surface area contributed by atoms with Gasteiger partial charge < -0.3 is 14.7 Å². The van der Waals surface area contributed by atoms with Crippen molar-refractivity contribution in [3.8, 4) is 0 Å². The molecule has 86 valence electrons. The second-order valence-corrected chi connectivity index (χ2v) is 4.63. The van der Waals surface area contributed by atoms with Crippen molar-refractivity contribution >= 4 is 5.91 Å². The van der Waals surface area contributed by atoms with Crippen LogP contribution in [0.2, 0.25) is 0 Å². The maximum absolute atomic E-state index is 12.0. The molecule has 4 nitrogen and oxygen atoms in total. The zero-order valence-electron chi connectivity index (χ0n) is 9.35. The number of aliphatic hydroxyl groups excluding tert-OH is 1. The minimum absolute atomic E-state index is 0.0805. The zero-order chi connectivity index (χ0) is 11.0. The highest BCUT2D eigenvalue weighted by Gasteiger charge is 2.43. The van der Waals surface area contributed by atoms with E-state index in [9.17, 15) is 9.90 Å². The molecule has 0 aromatic rings. The Bertz CT molecular complexity index is 242. The number of aliphatic hydroxyl groups is 1. The Morgan fingerprint density at radius 3 is 2.40 bits per heavy atom. The number of carbonyl (C=O) groups excluding carboxylic acids is 1. The lowest BCUT2D eigenvalue weighted by molar-refractivity contribution is -0.147. The number of fused-ring (bicyclic) bond motifs is 2. The third-order valence-electron chi connectivity index (χ3n) is 3.66. The number of ether oxygens (including phenoxy) is 1. The topological polar surface area (TPSA) is 49.8 Å². The first-order chi connectivity index (χ1) is 7.13. The third-order valence-corrected chi connectivity index (χ3v) is 3.66. The van der Waals surface area contributed by atoms with Gasteiger partial charge in [-0.15, -0.1) is 0 Å². The molecule has 3 atom stereocenters. The SMILES string of the molecule is COC(C)C(=O)N1C2CCC1CC(O)C2. The summed E-state index contributed by atoms with van der Waals surface area (Å²) < 4.78 is 5.06. The van der Waals surface area contributed by atoms with E-state index in [4.69, 9.17) is 4.74 Å². The highest BCUT2D eigenvalue weighted by molar-refractivity contribution is 5.81. The van der Waals surface area contributed by atoms with Gasteiger partial charge in [0.15, 0.2) is 0 Å². The molecule has 2 fully saturated rings. The van der Waals surface area contributed by atoms with Crippen molar-refractivity contribution in [2.45, 2.75) is 56.9 Å². The van der Waals surface area contributed by atoms with Gasteiger partial charge in [-0.25, -0.2) is 0 Å². The largest absolute Gasteiger partial charge is 0.393 e. The lowest BCUT2D eigenvalue weighted by atomic mass is 9.99. The van der Waals surface area contributed by atoms with E-state index in [2.05, 4.69) is 0 Å². The highest BCUT2D eigenvalue weighted by atomic mass is 16.5. The number of nitrogens with zero attached hydrogens (tertiary/aromatic N) is 1. The maximum Gasteiger partial charge on any atom is 0.251 e. The monoisotopic (exact) mass is 213 g/mol. The number of hydrogen-bond acceptors (Lipinski definition) is 3. The average Bonchev–Trinajstić information content (AvgIpc) is 2.49. The van der Waals surface area contributed by atoms with Crippen molar-refractivity contribution in [1.82, 2.24) is 4.90 Å². The smallest absolute Gasteiger partial charge is 0.251 e. The van der Waals surface area contributed by atoms with E-state index in [0.717, 1.165) is 25.7 Å². The minimum Gasteiger partial charge on any atom is -0.393 e. The molecule has 3 unspecified atom stereocenters. The van der Waals surface area contributed by atoms with E-state index < -0.39 is 0 Å². The number of amides is 1. The molecule has 2 saturated heterocycles. The summed E-state index contributed by atoms with van der Waals surface area (Å²) in [4.78, 5) is 14.0. The molecule has 0 spiro atoms. The summed E-state index contributed by atoms with van der Waals surface area (Å²) >= 11 is 0. The zero-order valence-corrected chi connectivity index (χ0v) is 9.35. The summed E-state index contributed by atoms with van der Waals surface area (Å²) in [6, 6.07) is 0.479. The Morgan fingerprint density at radius 1 is 1.40 bits per heavy atom. The van der Waals surface area contributed by atoms with E-state index >= 15 is 0 Å². The average molecular weight is 213 g/mol. The van der Waals surface area contributed by atoms with Crippen molar-refractivity contribution in [2.75, 3.05) is 7.11 Å². The van der Waals surface area contributed by atoms with Crippen molar-refractivity contribution in [3.05, 3.63) is 0 Å². The summed E-state index contributed by atoms with van der Waals surface area (Å²) in [6.45, 7) is 1.78. The van der Waals surface area contributed by atoms with Gasteiger partial charge in [-0.2, -0.15) is 0 Å². The lowest BCUT2D eigenvalue weighted by Gasteiger charge is -2.38. The molecule has 2 rings (SSSR count). The molecule has 0 radical (unpaired) electrons. The molecule has 0 aromatic carbocycles. The molecule has 0 aliphatic carbocycles. The van der Waals surface area contributed by atoms with Gasteiger partial charge in [0.2, 0.25) is 0 Å². The number of hydrogen-bond donors (Lipinski definition) is 1. The second-order valence-electron chi connectivity index (χ2n) is 4.63. The molecule has 2 heterocycles. The fourth-order valence-electron chi connectivity index (χ4n) is 2.82. The van der Waals surface area contributed by atoms with Crippen molar-refractivity contribution in [2.24, 2.45) is 0 Å². The molecule has 2 aliphatic rings. The normalized spacial score (nSPS) is 36.7. The van der Waals surface area contributed by atoms with Crippen LogP contribution in [0.3, 0.4) is 0 Å². The van der Waals surface area contributed by atoms with Gasteiger partial charge in [0.25, 0.3) is 5.91 Å². The van der Waals surface area contributed by atoms with Crippen molar-refractivity contribution in [1.29, 1.82) is 0 Å². The maximum atomic E-state index is 12.0. The van der Waals surface area contributed by atoms with E-state index in [1.165, 1.54) is 0 Å². The van der Waals surface area contributed by atoms with Crippen LogP contribution in [0.15, 0.2) is 0 Å². The fraction of sp³-hybridized carbons (Fsp3) is 0.909. The van der Waals surface area contributed by atoms with Crippen LogP contribution in [0.5, 0.6) is 0 Å². The molecular formula is C11H19NO3. The van der Waals surface area contributed by atoms with Crippen LogP contribution in [-0.2, 0) is 9.53 Å². The van der Waals surface area contributed by atoms with Gasteiger partial charge >= 0.3 is 0 Å². The summed E-state index contributed by atoms with van der Waals surface area (Å²) in [6.07, 6.45) is 2.96. The molecule has 1 N–H and O–H groups in total. The highest BCUT2D eigenvalue weighted by Crippen LogP contribution is 2.36. The molecule has 2 bridgehead atoms. The van der Waals surface area contributed by atoms with E-state index in [-0.39, 0.29) is 30.2 Å². The summed E-state index contributed by atoms with van der Waals surface area (Å²) in [7, 11) is 1.56. The summed E-state index contributed by atoms with van der Waals surface area (Å²) in [5, 5.41) is 9.62. The van der Waals surface area contributed by atoms with Crippen LogP contribution in [0, 0.1) is 0 Å². The Balaban J connectivity index is 2.08. The number of rotatable bonds is 2. The van der Waals surface area contributed by atoms with E-state index in [1.807, 2.05) is 4.90 Å². The minimum atomic E-state index is -0.358. The third kappa shape index (κ3) is 1.88. The van der Waals surface area contributed by atoms with Gasteiger partial charge in [0, 0.05) is 19.2 Å². The molecule has 0 saturated carbocycles. The Labute approximate surface area is 90.2 Å². The fourth-order valence-corrected chi connectivity index (χ4v) is 2.82. The van der Waals surface area contributed by atoms with Gasteiger partial charge in [0.1, 0.15) is 6.10 Å². The predicted octanol–water partition coefficient (Wildman–Crippen LogP) is 0.536. The molecule has 2 aliphatic heterocycles. The lowest BCUT2D eigenvalue weighted by Crippen LogP contribution is -2.51. The molecule has 4 heteroatoms. The molecule has 15 heavy (non-hydrogen) atoms. The van der Waals surface area contributed by atoms with Gasteiger partial charge in [0.05, 0.1) is 6.10 Å². The van der Waals surface area contributed by atoms with Crippen LogP contribution in [0.1, 0.15) is 32.6 Å². The second kappa shape index (κ2) is 4.10. The molecule has 1 amide bonds.